The van der Waals surface area contributed by atoms with Gasteiger partial charge in [0.25, 0.3) is 0 Å². The van der Waals surface area contributed by atoms with E-state index in [-0.39, 0.29) is 5.41 Å². The first kappa shape index (κ1) is 13.5. The fourth-order valence-corrected chi connectivity index (χ4v) is 4.56. The first-order chi connectivity index (χ1) is 8.87. The molecule has 0 radical (unpaired) electrons. The Morgan fingerprint density at radius 1 is 1.32 bits per heavy atom. The highest BCUT2D eigenvalue weighted by Crippen LogP contribution is 2.53. The molecule has 2 aliphatic heterocycles. The minimum Gasteiger partial charge on any atom is -0.255 e. The van der Waals surface area contributed by atoms with Crippen LogP contribution in [0, 0.1) is 5.41 Å². The predicted molar refractivity (Wildman–Crippen MR) is 87.0 cm³/mol. The minimum atomic E-state index is 0.0716. The Bertz CT molecular complexity index is 552. The van der Waals surface area contributed by atoms with Gasteiger partial charge >= 0.3 is 0 Å². The highest BCUT2D eigenvalue weighted by Gasteiger charge is 2.53. The summed E-state index contributed by atoms with van der Waals surface area (Å²) in [7, 11) is 2.28. The number of nitrogens with zero attached hydrogens (tertiary/aromatic N) is 1. The number of halogens is 1. The fourth-order valence-electron chi connectivity index (χ4n) is 4.05. The zero-order valence-electron chi connectivity index (χ0n) is 11.9. The van der Waals surface area contributed by atoms with Crippen LogP contribution in [0.15, 0.2) is 18.2 Å². The maximum Gasteiger partial charge on any atom is 0.185 e. The van der Waals surface area contributed by atoms with E-state index in [2.05, 4.69) is 33.0 Å². The first-order valence-corrected chi connectivity index (χ1v) is 7.86. The molecule has 0 aromatic heterocycles. The van der Waals surface area contributed by atoms with Crippen molar-refractivity contribution in [3.8, 4) is 0 Å². The van der Waals surface area contributed by atoms with Gasteiger partial charge in [0, 0.05) is 22.6 Å². The van der Waals surface area contributed by atoms with E-state index in [0.29, 0.717) is 5.92 Å². The molecular formula is C16H21ClNS+. The summed E-state index contributed by atoms with van der Waals surface area (Å²) in [4.78, 5) is 1.19. The third-order valence-corrected chi connectivity index (χ3v) is 6.28. The normalized spacial score (nSPS) is 32.6. The van der Waals surface area contributed by atoms with E-state index in [1.54, 1.807) is 0 Å². The molecule has 0 spiro atoms. The molecule has 0 N–H and O–H groups in total. The predicted octanol–water partition coefficient (Wildman–Crippen LogP) is 4.91. The van der Waals surface area contributed by atoms with Crippen molar-refractivity contribution in [3.63, 3.8) is 0 Å². The van der Waals surface area contributed by atoms with Crippen molar-refractivity contribution in [2.45, 2.75) is 39.0 Å². The van der Waals surface area contributed by atoms with Crippen molar-refractivity contribution in [1.29, 1.82) is 0 Å². The van der Waals surface area contributed by atoms with Crippen LogP contribution in [0.4, 0.5) is 5.69 Å². The molecule has 1 aromatic rings. The zero-order chi connectivity index (χ0) is 13.8. The molecule has 102 valence electrons. The van der Waals surface area contributed by atoms with Gasteiger partial charge in [-0.1, -0.05) is 11.6 Å². The fraction of sp³-hybridized carbons (Fsp3) is 0.562. The van der Waals surface area contributed by atoms with Gasteiger partial charge in [-0.2, -0.15) is 0 Å². The second kappa shape index (κ2) is 4.28. The smallest absolute Gasteiger partial charge is 0.185 e. The lowest BCUT2D eigenvalue weighted by atomic mass is 9.67. The van der Waals surface area contributed by atoms with Gasteiger partial charge in [-0.25, -0.2) is 0 Å². The second-order valence-corrected chi connectivity index (χ2v) is 7.52. The summed E-state index contributed by atoms with van der Waals surface area (Å²) in [5, 5.41) is 0.847. The number of fused-ring (bicyclic) bond motifs is 6. The lowest BCUT2D eigenvalue weighted by Crippen LogP contribution is -2.61. The van der Waals surface area contributed by atoms with Crippen molar-refractivity contribution in [3.05, 3.63) is 28.8 Å². The number of hydrogen-bond acceptors (Lipinski definition) is 1. The Balaban J connectivity index is 2.31. The average Bonchev–Trinajstić information content (AvgIpc) is 2.33. The minimum absolute atomic E-state index is 0.0716. The largest absolute Gasteiger partial charge is 0.255 e. The van der Waals surface area contributed by atoms with Crippen LogP contribution in [0.5, 0.6) is 0 Å². The van der Waals surface area contributed by atoms with Crippen LogP contribution in [-0.4, -0.2) is 18.6 Å². The van der Waals surface area contributed by atoms with Crippen LogP contribution in [0.2, 0.25) is 5.02 Å². The molecule has 0 amide bonds. The Hall–Kier alpha value is -0.440. The van der Waals surface area contributed by atoms with Crippen molar-refractivity contribution in [2.75, 3.05) is 13.6 Å². The topological polar surface area (TPSA) is 0 Å². The molecule has 2 aliphatic rings. The maximum absolute atomic E-state index is 6.24. The molecule has 2 atom stereocenters. The standard InChI is InChI=1S/C16H21ClNS/c1-16(2)13-6-4-5-9-18(3,15(16)19)14-8-7-11(17)10-12(13)14/h7-8,10,13H,4-6,9H2,1-3H3/q+1. The Kier molecular flexibility index (Phi) is 3.05. The van der Waals surface area contributed by atoms with Gasteiger partial charge in [-0.05, 0) is 57.5 Å². The highest BCUT2D eigenvalue weighted by molar-refractivity contribution is 7.80. The van der Waals surface area contributed by atoms with E-state index >= 15 is 0 Å². The zero-order valence-corrected chi connectivity index (χ0v) is 13.4. The highest BCUT2D eigenvalue weighted by atomic mass is 35.5. The van der Waals surface area contributed by atoms with E-state index in [1.807, 2.05) is 6.07 Å². The van der Waals surface area contributed by atoms with Gasteiger partial charge in [0.2, 0.25) is 0 Å². The Morgan fingerprint density at radius 3 is 2.79 bits per heavy atom. The van der Waals surface area contributed by atoms with Crippen molar-refractivity contribution in [1.82, 2.24) is 4.48 Å². The summed E-state index contributed by atoms with van der Waals surface area (Å²) in [6.07, 6.45) is 3.77. The van der Waals surface area contributed by atoms with Gasteiger partial charge in [0.1, 0.15) is 5.69 Å². The molecule has 1 nitrogen and oxygen atoms in total. The molecule has 1 fully saturated rings. The number of rotatable bonds is 0. The Morgan fingerprint density at radius 2 is 2.05 bits per heavy atom. The lowest BCUT2D eigenvalue weighted by Gasteiger charge is -2.51. The monoisotopic (exact) mass is 294 g/mol. The molecule has 2 unspecified atom stereocenters. The maximum atomic E-state index is 6.24. The SMILES string of the molecule is CC1(C)C(=S)[N+]2(C)CCCCC1c1cc(Cl)ccc12. The molecule has 3 heteroatoms. The van der Waals surface area contributed by atoms with E-state index in [4.69, 9.17) is 23.8 Å². The van der Waals surface area contributed by atoms with Crippen LogP contribution >= 0.6 is 23.8 Å². The van der Waals surface area contributed by atoms with Crippen molar-refractivity contribution >= 4 is 34.5 Å². The third kappa shape index (κ3) is 1.80. The van der Waals surface area contributed by atoms with Crippen LogP contribution < -0.4 is 4.48 Å². The molecule has 0 aliphatic carbocycles. The van der Waals surface area contributed by atoms with E-state index in [0.717, 1.165) is 16.1 Å². The van der Waals surface area contributed by atoms with Gasteiger partial charge in [-0.3, -0.25) is 4.48 Å². The summed E-state index contributed by atoms with van der Waals surface area (Å²) in [5.74, 6) is 0.514. The van der Waals surface area contributed by atoms with Crippen LogP contribution in [0.1, 0.15) is 44.6 Å². The number of benzene rings is 1. The van der Waals surface area contributed by atoms with Gasteiger partial charge in [-0.15, -0.1) is 0 Å². The molecular weight excluding hydrogens is 274 g/mol. The molecule has 1 aromatic carbocycles. The van der Waals surface area contributed by atoms with E-state index in [1.165, 1.54) is 35.5 Å². The molecule has 0 saturated carbocycles. The second-order valence-electron chi connectivity index (χ2n) is 6.69. The van der Waals surface area contributed by atoms with Gasteiger partial charge in [0.05, 0.1) is 19.0 Å². The van der Waals surface area contributed by atoms with Gasteiger partial charge < -0.3 is 0 Å². The molecule has 1 saturated heterocycles. The number of thiocarbonyl (C=S) groups is 1. The van der Waals surface area contributed by atoms with Crippen molar-refractivity contribution < 1.29 is 0 Å². The van der Waals surface area contributed by atoms with E-state index < -0.39 is 0 Å². The summed E-state index contributed by atoms with van der Waals surface area (Å²) in [6, 6.07) is 6.38. The van der Waals surface area contributed by atoms with Gasteiger partial charge in [0.15, 0.2) is 4.99 Å². The average molecular weight is 295 g/mol. The molecule has 2 bridgehead atoms. The summed E-state index contributed by atoms with van der Waals surface area (Å²) < 4.78 is 0.811. The summed E-state index contributed by atoms with van der Waals surface area (Å²) in [6.45, 7) is 5.74. The van der Waals surface area contributed by atoms with Crippen LogP contribution in [-0.2, 0) is 0 Å². The number of quaternary nitrogens is 1. The number of hydrogen-bond donors (Lipinski definition) is 0. The molecule has 19 heavy (non-hydrogen) atoms. The van der Waals surface area contributed by atoms with Crippen molar-refractivity contribution in [2.24, 2.45) is 5.41 Å². The summed E-state index contributed by atoms with van der Waals surface area (Å²) >= 11 is 12.1. The first-order valence-electron chi connectivity index (χ1n) is 7.08. The quantitative estimate of drug-likeness (QED) is 0.484. The van der Waals surface area contributed by atoms with Crippen LogP contribution in [0.3, 0.4) is 0 Å². The third-order valence-electron chi connectivity index (χ3n) is 5.12. The van der Waals surface area contributed by atoms with Crippen LogP contribution in [0.25, 0.3) is 0 Å². The molecule has 2 heterocycles. The lowest BCUT2D eigenvalue weighted by molar-refractivity contribution is 0.278. The Labute approximate surface area is 126 Å². The summed E-state index contributed by atoms with van der Waals surface area (Å²) in [5.41, 5.74) is 2.87. The van der Waals surface area contributed by atoms with E-state index in [9.17, 15) is 0 Å². The molecule has 3 rings (SSSR count).